The van der Waals surface area contributed by atoms with E-state index in [2.05, 4.69) is 34.2 Å². The summed E-state index contributed by atoms with van der Waals surface area (Å²) in [6.07, 6.45) is 4.98. The van der Waals surface area contributed by atoms with Crippen LogP contribution in [-0.4, -0.2) is 30.7 Å². The minimum absolute atomic E-state index is 0.217. The number of likely N-dealkylation sites (tertiary alicyclic amines) is 1. The van der Waals surface area contributed by atoms with Crippen LogP contribution in [0.1, 0.15) is 30.9 Å². The summed E-state index contributed by atoms with van der Waals surface area (Å²) in [6.45, 7) is 4.07. The Kier molecular flexibility index (Phi) is 7.86. The Morgan fingerprint density at radius 1 is 0.882 bits per heavy atom. The van der Waals surface area contributed by atoms with Gasteiger partial charge in [0.05, 0.1) is 0 Å². The Labute approximate surface area is 200 Å². The lowest BCUT2D eigenvalue weighted by molar-refractivity contribution is 0.225. The molecule has 3 nitrogen and oxygen atoms in total. The van der Waals surface area contributed by atoms with Crippen molar-refractivity contribution < 1.29 is 8.78 Å². The number of halogens is 2. The molecule has 34 heavy (non-hydrogen) atoms. The highest BCUT2D eigenvalue weighted by Gasteiger charge is 2.23. The predicted molar refractivity (Wildman–Crippen MR) is 136 cm³/mol. The molecular formula is C29H31F2N3. The van der Waals surface area contributed by atoms with E-state index in [-0.39, 0.29) is 11.6 Å². The van der Waals surface area contributed by atoms with E-state index in [1.807, 2.05) is 19.1 Å². The highest BCUT2D eigenvalue weighted by Crippen LogP contribution is 2.29. The summed E-state index contributed by atoms with van der Waals surface area (Å²) in [5.74, 6) is 1.02. The van der Waals surface area contributed by atoms with Crippen molar-refractivity contribution in [3.63, 3.8) is 0 Å². The fraction of sp³-hybridized carbons (Fsp3) is 0.276. The third kappa shape index (κ3) is 5.78. The second kappa shape index (κ2) is 11.2. The molecule has 1 heterocycles. The minimum Gasteiger partial charge on any atom is -0.356 e. The van der Waals surface area contributed by atoms with Gasteiger partial charge in [0.1, 0.15) is 17.5 Å². The number of nitrogens with two attached hydrogens (primary N) is 1. The zero-order chi connectivity index (χ0) is 23.9. The average molecular weight is 460 g/mol. The number of nitrogens with zero attached hydrogens (tertiary/aromatic N) is 2. The summed E-state index contributed by atoms with van der Waals surface area (Å²) >= 11 is 0. The van der Waals surface area contributed by atoms with E-state index in [1.165, 1.54) is 29.8 Å². The van der Waals surface area contributed by atoms with Crippen LogP contribution in [0.5, 0.6) is 0 Å². The molecule has 1 saturated heterocycles. The normalized spacial score (nSPS) is 15.6. The molecule has 1 aliphatic rings. The summed E-state index contributed by atoms with van der Waals surface area (Å²) in [5, 5.41) is 0. The molecule has 0 atom stereocenters. The highest BCUT2D eigenvalue weighted by molar-refractivity contribution is 5.71. The first-order chi connectivity index (χ1) is 16.6. The molecule has 0 unspecified atom stereocenters. The minimum atomic E-state index is -0.257. The van der Waals surface area contributed by atoms with E-state index in [0.29, 0.717) is 12.5 Å². The summed E-state index contributed by atoms with van der Waals surface area (Å²) in [5.41, 5.74) is 11.4. The molecular weight excluding hydrogens is 428 g/mol. The maximum Gasteiger partial charge on any atom is 0.133 e. The van der Waals surface area contributed by atoms with Crippen LogP contribution in [0.15, 0.2) is 83.6 Å². The summed E-state index contributed by atoms with van der Waals surface area (Å²) in [7, 11) is 0. The maximum atomic E-state index is 13.4. The third-order valence-corrected chi connectivity index (χ3v) is 6.49. The number of piperidine rings is 1. The van der Waals surface area contributed by atoms with Crippen LogP contribution in [0.3, 0.4) is 0 Å². The summed E-state index contributed by atoms with van der Waals surface area (Å²) < 4.78 is 26.6. The SMILES string of the molecule is C/C=N\C(=C(/CN)c1ccc(F)cc1)N1CCC(Cc2ccc(-c3ccc(F)cc3)cc2)CC1. The molecule has 5 heteroatoms. The van der Waals surface area contributed by atoms with Gasteiger partial charge >= 0.3 is 0 Å². The van der Waals surface area contributed by atoms with Gasteiger partial charge in [-0.1, -0.05) is 48.5 Å². The van der Waals surface area contributed by atoms with Crippen LogP contribution in [0.25, 0.3) is 16.7 Å². The molecule has 176 valence electrons. The lowest BCUT2D eigenvalue weighted by Gasteiger charge is -2.35. The van der Waals surface area contributed by atoms with Gasteiger partial charge in [0.2, 0.25) is 0 Å². The van der Waals surface area contributed by atoms with Crippen LogP contribution in [0.2, 0.25) is 0 Å². The van der Waals surface area contributed by atoms with E-state index in [4.69, 9.17) is 5.73 Å². The molecule has 3 aromatic rings. The fourth-order valence-corrected chi connectivity index (χ4v) is 4.62. The molecule has 0 aromatic heterocycles. The predicted octanol–water partition coefficient (Wildman–Crippen LogP) is 6.30. The number of hydrogen-bond acceptors (Lipinski definition) is 3. The molecule has 0 bridgehead atoms. The number of rotatable bonds is 7. The van der Waals surface area contributed by atoms with Gasteiger partial charge in [-0.15, -0.1) is 0 Å². The van der Waals surface area contributed by atoms with Crippen LogP contribution < -0.4 is 5.73 Å². The van der Waals surface area contributed by atoms with Gasteiger partial charge in [0.25, 0.3) is 0 Å². The maximum absolute atomic E-state index is 13.4. The average Bonchev–Trinajstić information content (AvgIpc) is 2.87. The lowest BCUT2D eigenvalue weighted by atomic mass is 9.89. The Morgan fingerprint density at radius 3 is 1.94 bits per heavy atom. The highest BCUT2D eigenvalue weighted by atomic mass is 19.1. The molecule has 1 aliphatic heterocycles. The summed E-state index contributed by atoms with van der Waals surface area (Å²) in [6, 6.07) is 21.7. The first-order valence-electron chi connectivity index (χ1n) is 11.8. The van der Waals surface area contributed by atoms with Crippen molar-refractivity contribution in [3.8, 4) is 11.1 Å². The van der Waals surface area contributed by atoms with E-state index in [9.17, 15) is 8.78 Å². The molecule has 3 aromatic carbocycles. The standard InChI is InChI=1S/C29H31F2N3/c1-2-33-29(28(20-32)25-9-13-27(31)14-10-25)34-17-15-22(16-18-34)19-21-3-5-23(6-4-21)24-7-11-26(30)12-8-24/h2-14,22H,15-20,32H2,1H3/b29-28-,33-2-. The van der Waals surface area contributed by atoms with Crippen LogP contribution in [0.4, 0.5) is 8.78 Å². The smallest absolute Gasteiger partial charge is 0.133 e. The van der Waals surface area contributed by atoms with Gasteiger partial charge in [-0.05, 0) is 78.6 Å². The van der Waals surface area contributed by atoms with Crippen molar-refractivity contribution >= 4 is 11.8 Å². The third-order valence-electron chi connectivity index (χ3n) is 6.49. The first kappa shape index (κ1) is 23.8. The molecule has 2 N–H and O–H groups in total. The molecule has 0 radical (unpaired) electrons. The Morgan fingerprint density at radius 2 is 1.41 bits per heavy atom. The van der Waals surface area contributed by atoms with Gasteiger partial charge in [-0.2, -0.15) is 0 Å². The molecule has 1 fully saturated rings. The van der Waals surface area contributed by atoms with E-state index in [1.54, 1.807) is 18.3 Å². The molecule has 0 aliphatic carbocycles. The van der Waals surface area contributed by atoms with Crippen LogP contribution in [-0.2, 0) is 6.42 Å². The van der Waals surface area contributed by atoms with E-state index >= 15 is 0 Å². The van der Waals surface area contributed by atoms with Gasteiger partial charge in [0, 0.05) is 31.4 Å². The topological polar surface area (TPSA) is 41.6 Å². The van der Waals surface area contributed by atoms with Crippen molar-refractivity contribution in [2.45, 2.75) is 26.2 Å². The van der Waals surface area contributed by atoms with E-state index < -0.39 is 0 Å². The van der Waals surface area contributed by atoms with Gasteiger partial charge in [-0.25, -0.2) is 13.8 Å². The second-order valence-electron chi connectivity index (χ2n) is 8.74. The van der Waals surface area contributed by atoms with Gasteiger partial charge < -0.3 is 10.6 Å². The van der Waals surface area contributed by atoms with Crippen molar-refractivity contribution in [1.82, 2.24) is 4.90 Å². The monoisotopic (exact) mass is 459 g/mol. The number of aliphatic imine (C=N–C) groups is 1. The van der Waals surface area contributed by atoms with Gasteiger partial charge in [0.15, 0.2) is 0 Å². The Balaban J connectivity index is 1.41. The van der Waals surface area contributed by atoms with Crippen molar-refractivity contribution in [3.05, 3.63) is 101 Å². The molecule has 0 amide bonds. The fourth-order valence-electron chi connectivity index (χ4n) is 4.62. The Hall–Kier alpha value is -3.31. The van der Waals surface area contributed by atoms with E-state index in [0.717, 1.165) is 60.4 Å². The first-order valence-corrected chi connectivity index (χ1v) is 11.8. The molecule has 0 saturated carbocycles. The molecule has 0 spiro atoms. The van der Waals surface area contributed by atoms with Crippen LogP contribution in [0, 0.1) is 17.6 Å². The largest absolute Gasteiger partial charge is 0.356 e. The number of benzene rings is 3. The summed E-state index contributed by atoms with van der Waals surface area (Å²) in [4.78, 5) is 6.96. The van der Waals surface area contributed by atoms with Crippen molar-refractivity contribution in [2.24, 2.45) is 16.6 Å². The zero-order valence-electron chi connectivity index (χ0n) is 19.6. The number of hydrogen-bond donors (Lipinski definition) is 1. The van der Waals surface area contributed by atoms with Crippen molar-refractivity contribution in [2.75, 3.05) is 19.6 Å². The zero-order valence-corrected chi connectivity index (χ0v) is 19.6. The van der Waals surface area contributed by atoms with Crippen molar-refractivity contribution in [1.29, 1.82) is 0 Å². The Bertz CT molecular complexity index is 1130. The second-order valence-corrected chi connectivity index (χ2v) is 8.74. The van der Waals surface area contributed by atoms with Gasteiger partial charge in [-0.3, -0.25) is 0 Å². The van der Waals surface area contributed by atoms with Crippen LogP contribution >= 0.6 is 0 Å². The lowest BCUT2D eigenvalue weighted by Crippen LogP contribution is -2.34. The molecule has 4 rings (SSSR count). The quantitative estimate of drug-likeness (QED) is 0.421.